The van der Waals surface area contributed by atoms with E-state index in [2.05, 4.69) is 15.4 Å². The molecule has 0 aliphatic heterocycles. The van der Waals surface area contributed by atoms with Crippen molar-refractivity contribution >= 4 is 28.9 Å². The molecule has 0 saturated heterocycles. The van der Waals surface area contributed by atoms with Gasteiger partial charge in [0.25, 0.3) is 0 Å². The fourth-order valence-electron chi connectivity index (χ4n) is 1.80. The Hall–Kier alpha value is -2.14. The second-order valence-electron chi connectivity index (χ2n) is 4.15. The summed E-state index contributed by atoms with van der Waals surface area (Å²) in [6.45, 7) is 1.96. The summed E-state index contributed by atoms with van der Waals surface area (Å²) in [6, 6.07) is 8.24. The van der Waals surface area contributed by atoms with E-state index >= 15 is 0 Å². The van der Waals surface area contributed by atoms with Crippen molar-refractivity contribution in [3.8, 4) is 0 Å². The Kier molecular flexibility index (Phi) is 2.83. The van der Waals surface area contributed by atoms with Crippen molar-refractivity contribution in [2.24, 2.45) is 0 Å². The summed E-state index contributed by atoms with van der Waals surface area (Å²) in [5, 5.41) is 7.33. The van der Waals surface area contributed by atoms with Crippen LogP contribution < -0.4 is 5.32 Å². The van der Waals surface area contributed by atoms with Gasteiger partial charge in [0.1, 0.15) is 5.82 Å². The van der Waals surface area contributed by atoms with Crippen LogP contribution in [0.15, 0.2) is 36.5 Å². The molecule has 0 unspecified atom stereocenters. The number of benzene rings is 1. The number of aryl methyl sites for hydroxylation is 1. The van der Waals surface area contributed by atoms with E-state index < -0.39 is 5.82 Å². The first-order chi connectivity index (χ1) is 9.13. The second kappa shape index (κ2) is 4.51. The minimum atomic E-state index is -0.453. The quantitative estimate of drug-likeness (QED) is 0.778. The molecule has 0 fully saturated rings. The largest absolute Gasteiger partial charge is 0.323 e. The molecule has 1 N–H and O–H groups in total. The zero-order valence-corrected chi connectivity index (χ0v) is 10.8. The number of nitrogens with one attached hydrogen (secondary N) is 1. The number of hydrogen-bond donors (Lipinski definition) is 1. The topological polar surface area (TPSA) is 42.2 Å². The Morgan fingerprint density at radius 1 is 1.32 bits per heavy atom. The van der Waals surface area contributed by atoms with Crippen molar-refractivity contribution in [3.05, 3.63) is 52.9 Å². The average molecular weight is 277 g/mol. The van der Waals surface area contributed by atoms with Crippen LogP contribution in [0.5, 0.6) is 0 Å². The van der Waals surface area contributed by atoms with Gasteiger partial charge in [-0.1, -0.05) is 17.7 Å². The predicted molar refractivity (Wildman–Crippen MR) is 72.4 cm³/mol. The lowest BCUT2D eigenvalue weighted by Gasteiger charge is -2.02. The number of rotatable bonds is 2. The lowest BCUT2D eigenvalue weighted by atomic mass is 10.3. The van der Waals surface area contributed by atoms with E-state index in [4.69, 9.17) is 11.6 Å². The molecule has 0 radical (unpaired) electrons. The lowest BCUT2D eigenvalue weighted by molar-refractivity contribution is 0.628. The summed E-state index contributed by atoms with van der Waals surface area (Å²) < 4.78 is 14.7. The highest BCUT2D eigenvalue weighted by Crippen LogP contribution is 2.21. The monoisotopic (exact) mass is 276 g/mol. The zero-order chi connectivity index (χ0) is 13.4. The van der Waals surface area contributed by atoms with Crippen molar-refractivity contribution in [2.75, 3.05) is 5.32 Å². The van der Waals surface area contributed by atoms with Crippen LogP contribution in [0.4, 0.5) is 16.0 Å². The van der Waals surface area contributed by atoms with Gasteiger partial charge in [-0.2, -0.15) is 4.98 Å². The minimum Gasteiger partial charge on any atom is -0.323 e. The highest BCUT2D eigenvalue weighted by Gasteiger charge is 2.07. The SMILES string of the molecule is Cc1cccn2nc(Nc3ccc(F)c(Cl)c3)nc12. The summed E-state index contributed by atoms with van der Waals surface area (Å²) in [5.41, 5.74) is 2.44. The van der Waals surface area contributed by atoms with Gasteiger partial charge in [0.15, 0.2) is 5.65 Å². The van der Waals surface area contributed by atoms with Crippen LogP contribution in [-0.2, 0) is 0 Å². The Balaban J connectivity index is 1.96. The van der Waals surface area contributed by atoms with Crippen molar-refractivity contribution < 1.29 is 4.39 Å². The summed E-state index contributed by atoms with van der Waals surface area (Å²) in [7, 11) is 0. The number of aromatic nitrogens is 3. The Bertz CT molecular complexity index is 753. The van der Waals surface area contributed by atoms with E-state index in [1.165, 1.54) is 12.1 Å². The summed E-state index contributed by atoms with van der Waals surface area (Å²) in [4.78, 5) is 4.36. The van der Waals surface area contributed by atoms with Crippen molar-refractivity contribution in [2.45, 2.75) is 6.92 Å². The van der Waals surface area contributed by atoms with Crippen LogP contribution in [0, 0.1) is 12.7 Å². The highest BCUT2D eigenvalue weighted by molar-refractivity contribution is 6.31. The maximum absolute atomic E-state index is 13.1. The van der Waals surface area contributed by atoms with E-state index in [1.807, 2.05) is 25.3 Å². The minimum absolute atomic E-state index is 0.0601. The fourth-order valence-corrected chi connectivity index (χ4v) is 1.98. The Morgan fingerprint density at radius 3 is 2.89 bits per heavy atom. The Morgan fingerprint density at radius 2 is 2.16 bits per heavy atom. The first-order valence-corrected chi connectivity index (χ1v) is 6.05. The maximum atomic E-state index is 13.1. The van der Waals surface area contributed by atoms with Gasteiger partial charge in [-0.05, 0) is 36.8 Å². The summed E-state index contributed by atoms with van der Waals surface area (Å²) in [5.74, 6) is -0.0111. The van der Waals surface area contributed by atoms with Crippen molar-refractivity contribution in [1.82, 2.24) is 14.6 Å². The molecule has 96 valence electrons. The van der Waals surface area contributed by atoms with Crippen LogP contribution in [-0.4, -0.2) is 14.6 Å². The van der Waals surface area contributed by atoms with Crippen LogP contribution in [0.25, 0.3) is 5.65 Å². The molecule has 1 aromatic carbocycles. The zero-order valence-electron chi connectivity index (χ0n) is 10.1. The molecule has 0 amide bonds. The van der Waals surface area contributed by atoms with E-state index in [9.17, 15) is 4.39 Å². The third kappa shape index (κ3) is 2.24. The van der Waals surface area contributed by atoms with Crippen LogP contribution in [0.3, 0.4) is 0 Å². The molecule has 0 saturated carbocycles. The fraction of sp³-hybridized carbons (Fsp3) is 0.0769. The lowest BCUT2D eigenvalue weighted by Crippen LogP contribution is -1.93. The molecular formula is C13H10ClFN4. The molecule has 0 bridgehead atoms. The van der Waals surface area contributed by atoms with E-state index in [1.54, 1.807) is 10.6 Å². The second-order valence-corrected chi connectivity index (χ2v) is 4.56. The Labute approximate surface area is 113 Å². The molecule has 0 spiro atoms. The molecule has 3 aromatic rings. The van der Waals surface area contributed by atoms with Gasteiger partial charge >= 0.3 is 0 Å². The van der Waals surface area contributed by atoms with Crippen molar-refractivity contribution in [3.63, 3.8) is 0 Å². The van der Waals surface area contributed by atoms with Gasteiger partial charge in [-0.25, -0.2) is 8.91 Å². The van der Waals surface area contributed by atoms with Crippen molar-refractivity contribution in [1.29, 1.82) is 0 Å². The average Bonchev–Trinajstić information content (AvgIpc) is 2.78. The molecule has 4 nitrogen and oxygen atoms in total. The molecule has 0 aliphatic carbocycles. The van der Waals surface area contributed by atoms with Gasteiger partial charge in [0, 0.05) is 11.9 Å². The van der Waals surface area contributed by atoms with Gasteiger partial charge in [-0.15, -0.1) is 5.10 Å². The number of halogens is 2. The van der Waals surface area contributed by atoms with Gasteiger partial charge in [0.2, 0.25) is 5.95 Å². The number of pyridine rings is 1. The third-order valence-corrected chi connectivity index (χ3v) is 3.02. The number of nitrogens with zero attached hydrogens (tertiary/aromatic N) is 3. The molecule has 6 heteroatoms. The highest BCUT2D eigenvalue weighted by atomic mass is 35.5. The van der Waals surface area contributed by atoms with Gasteiger partial charge in [-0.3, -0.25) is 0 Å². The third-order valence-electron chi connectivity index (χ3n) is 2.73. The molecule has 3 rings (SSSR count). The smallest absolute Gasteiger partial charge is 0.247 e. The molecule has 0 aliphatic rings. The molecule has 2 aromatic heterocycles. The molecule has 19 heavy (non-hydrogen) atoms. The summed E-state index contributed by atoms with van der Waals surface area (Å²) in [6.07, 6.45) is 1.82. The predicted octanol–water partition coefficient (Wildman–Crippen LogP) is 3.57. The van der Waals surface area contributed by atoms with Gasteiger partial charge < -0.3 is 5.32 Å². The molecule has 0 atom stereocenters. The number of anilines is 2. The maximum Gasteiger partial charge on any atom is 0.247 e. The van der Waals surface area contributed by atoms with E-state index in [0.717, 1.165) is 11.2 Å². The molecular weight excluding hydrogens is 267 g/mol. The molecule has 2 heterocycles. The van der Waals surface area contributed by atoms with E-state index in [-0.39, 0.29) is 5.02 Å². The normalized spacial score (nSPS) is 10.9. The number of hydrogen-bond acceptors (Lipinski definition) is 3. The van der Waals surface area contributed by atoms with Crippen LogP contribution in [0.2, 0.25) is 5.02 Å². The van der Waals surface area contributed by atoms with Gasteiger partial charge in [0.05, 0.1) is 5.02 Å². The first kappa shape index (κ1) is 11.9. The standard InChI is InChI=1S/C13H10ClFN4/c1-8-3-2-6-19-12(8)17-13(18-19)16-9-4-5-11(15)10(14)7-9/h2-7H,1H3,(H,16,18). The van der Waals surface area contributed by atoms with Crippen LogP contribution in [0.1, 0.15) is 5.56 Å². The van der Waals surface area contributed by atoms with Crippen LogP contribution >= 0.6 is 11.6 Å². The number of fused-ring (bicyclic) bond motifs is 1. The first-order valence-electron chi connectivity index (χ1n) is 5.67. The van der Waals surface area contributed by atoms with E-state index in [0.29, 0.717) is 11.6 Å². The summed E-state index contributed by atoms with van der Waals surface area (Å²) >= 11 is 5.72.